The lowest BCUT2D eigenvalue weighted by Crippen LogP contribution is -2.23. The minimum atomic E-state index is -0.840. The summed E-state index contributed by atoms with van der Waals surface area (Å²) in [5.41, 5.74) is 2.40. The molecule has 0 spiro atoms. The van der Waals surface area contributed by atoms with Crippen LogP contribution in [0.2, 0.25) is 0 Å². The minimum absolute atomic E-state index is 0.304. The van der Waals surface area contributed by atoms with Crippen molar-refractivity contribution in [2.24, 2.45) is 0 Å². The van der Waals surface area contributed by atoms with Crippen molar-refractivity contribution in [3.8, 4) is 5.75 Å². The summed E-state index contributed by atoms with van der Waals surface area (Å²) in [4.78, 5) is 11.3. The fourth-order valence-corrected chi connectivity index (χ4v) is 4.63. The summed E-state index contributed by atoms with van der Waals surface area (Å²) in [5.74, 6) is 0.829. The maximum atomic E-state index is 11.3. The van der Waals surface area contributed by atoms with Crippen LogP contribution in [0.25, 0.3) is 0 Å². The maximum Gasteiger partial charge on any atom is 0.373 e. The molecular formula is C19H20BrNO3S. The Morgan fingerprint density at radius 1 is 1.12 bits per heavy atom. The second kappa shape index (κ2) is 8.65. The zero-order valence-electron chi connectivity index (χ0n) is 13.7. The molecule has 25 heavy (non-hydrogen) atoms. The Morgan fingerprint density at radius 2 is 1.80 bits per heavy atom. The van der Waals surface area contributed by atoms with Crippen LogP contribution >= 0.6 is 26.6 Å². The molecule has 4 nitrogen and oxygen atoms in total. The van der Waals surface area contributed by atoms with Crippen molar-refractivity contribution in [2.75, 3.05) is 13.3 Å². The molecule has 1 N–H and O–H groups in total. The summed E-state index contributed by atoms with van der Waals surface area (Å²) >= 11 is 3.59. The highest BCUT2D eigenvalue weighted by atomic mass is 79.9. The lowest BCUT2D eigenvalue weighted by Gasteiger charge is -2.19. The second-order valence-electron chi connectivity index (χ2n) is 5.71. The summed E-state index contributed by atoms with van der Waals surface area (Å²) in [5, 5.41) is 10.3. The van der Waals surface area contributed by atoms with Crippen LogP contribution < -0.4 is 4.74 Å². The van der Waals surface area contributed by atoms with Crippen molar-refractivity contribution < 1.29 is 14.6 Å². The van der Waals surface area contributed by atoms with Gasteiger partial charge >= 0.3 is 5.30 Å². The van der Waals surface area contributed by atoms with E-state index in [2.05, 4.69) is 34.1 Å². The van der Waals surface area contributed by atoms with Crippen LogP contribution in [0.4, 0.5) is 4.79 Å². The molecule has 0 saturated carbocycles. The normalized spacial score (nSPS) is 17.2. The van der Waals surface area contributed by atoms with Crippen molar-refractivity contribution in [1.29, 1.82) is 0 Å². The predicted molar refractivity (Wildman–Crippen MR) is 106 cm³/mol. The molecule has 132 valence electrons. The summed E-state index contributed by atoms with van der Waals surface area (Å²) < 4.78 is 8.94. The SMILES string of the molecule is O=C(O)S1=CCCN1COc1ccccc1CCc1ccccc1Br. The predicted octanol–water partition coefficient (Wildman–Crippen LogP) is 4.94. The largest absolute Gasteiger partial charge is 0.477 e. The number of hydrogen-bond donors (Lipinski definition) is 1. The summed E-state index contributed by atoms with van der Waals surface area (Å²) in [6, 6.07) is 16.2. The third-order valence-corrected chi connectivity index (χ3v) is 6.60. The van der Waals surface area contributed by atoms with E-state index in [-0.39, 0.29) is 0 Å². The molecule has 2 aromatic rings. The highest BCUT2D eigenvalue weighted by Crippen LogP contribution is 2.28. The minimum Gasteiger partial charge on any atom is -0.477 e. The monoisotopic (exact) mass is 421 g/mol. The van der Waals surface area contributed by atoms with E-state index < -0.39 is 16.0 Å². The molecule has 2 aromatic carbocycles. The van der Waals surface area contributed by atoms with Crippen molar-refractivity contribution in [3.63, 3.8) is 0 Å². The van der Waals surface area contributed by atoms with E-state index in [9.17, 15) is 9.90 Å². The van der Waals surface area contributed by atoms with Crippen LogP contribution in [-0.2, 0) is 12.8 Å². The van der Waals surface area contributed by atoms with Crippen LogP contribution in [-0.4, -0.2) is 33.4 Å². The number of ether oxygens (including phenoxy) is 1. The average Bonchev–Trinajstić information content (AvgIpc) is 3.09. The fourth-order valence-electron chi connectivity index (χ4n) is 2.78. The molecule has 1 unspecified atom stereocenters. The van der Waals surface area contributed by atoms with Crippen LogP contribution in [0, 0.1) is 0 Å². The van der Waals surface area contributed by atoms with E-state index in [4.69, 9.17) is 4.74 Å². The number of carboxylic acid groups (broad SMARTS) is 1. The van der Waals surface area contributed by atoms with Crippen molar-refractivity contribution in [3.05, 3.63) is 64.1 Å². The van der Waals surface area contributed by atoms with Gasteiger partial charge in [-0.25, -0.2) is 9.10 Å². The number of para-hydroxylation sites is 1. The van der Waals surface area contributed by atoms with Crippen molar-refractivity contribution >= 4 is 37.3 Å². The molecule has 0 saturated heterocycles. The molecule has 1 aliphatic heterocycles. The number of halogens is 1. The van der Waals surface area contributed by atoms with Crippen LogP contribution in [0.5, 0.6) is 5.75 Å². The Bertz CT molecular complexity index is 794. The maximum absolute atomic E-state index is 11.3. The number of aryl methyl sites for hydroxylation is 2. The molecule has 3 rings (SSSR count). The third-order valence-electron chi connectivity index (χ3n) is 4.07. The van der Waals surface area contributed by atoms with Gasteiger partial charge in [-0.05, 0) is 58.6 Å². The topological polar surface area (TPSA) is 49.8 Å². The number of rotatable bonds is 6. The summed E-state index contributed by atoms with van der Waals surface area (Å²) in [6.45, 7) is 1.03. The van der Waals surface area contributed by atoms with E-state index in [1.165, 1.54) is 5.56 Å². The summed E-state index contributed by atoms with van der Waals surface area (Å²) in [6.07, 6.45) is 2.58. The van der Waals surface area contributed by atoms with E-state index in [1.54, 1.807) is 0 Å². The number of benzene rings is 2. The van der Waals surface area contributed by atoms with E-state index in [0.29, 0.717) is 6.73 Å². The third kappa shape index (κ3) is 4.71. The van der Waals surface area contributed by atoms with Gasteiger partial charge in [0.2, 0.25) is 0 Å². The Labute approximate surface area is 158 Å². The van der Waals surface area contributed by atoms with Crippen LogP contribution in [0.1, 0.15) is 17.5 Å². The fraction of sp³-hybridized carbons (Fsp3) is 0.263. The summed E-state index contributed by atoms with van der Waals surface area (Å²) in [7, 11) is -0.840. The molecule has 1 atom stereocenters. The molecule has 1 aliphatic rings. The molecule has 0 amide bonds. The van der Waals surface area contributed by atoms with E-state index in [0.717, 1.165) is 41.6 Å². The Hall–Kier alpha value is -1.63. The first-order chi connectivity index (χ1) is 12.1. The van der Waals surface area contributed by atoms with Gasteiger partial charge in [0.15, 0.2) is 6.73 Å². The molecule has 0 aromatic heterocycles. The van der Waals surface area contributed by atoms with Gasteiger partial charge in [0.1, 0.15) is 5.75 Å². The van der Waals surface area contributed by atoms with Crippen molar-refractivity contribution in [1.82, 2.24) is 4.31 Å². The van der Waals surface area contributed by atoms with Gasteiger partial charge in [0.05, 0.1) is 0 Å². The molecular weight excluding hydrogens is 402 g/mol. The Balaban J connectivity index is 1.64. The molecule has 0 bridgehead atoms. The molecule has 0 fully saturated rings. The molecule has 6 heteroatoms. The van der Waals surface area contributed by atoms with Gasteiger partial charge in [-0.15, -0.1) is 0 Å². The zero-order chi connectivity index (χ0) is 17.6. The van der Waals surface area contributed by atoms with E-state index in [1.807, 2.05) is 40.0 Å². The Kier molecular flexibility index (Phi) is 6.29. The average molecular weight is 422 g/mol. The van der Waals surface area contributed by atoms with Gasteiger partial charge in [-0.2, -0.15) is 0 Å². The van der Waals surface area contributed by atoms with Gasteiger partial charge in [-0.3, -0.25) is 0 Å². The first-order valence-corrected chi connectivity index (χ1v) is 10.2. The quantitative estimate of drug-likeness (QED) is 0.670. The van der Waals surface area contributed by atoms with Crippen LogP contribution in [0.3, 0.4) is 0 Å². The second-order valence-corrected chi connectivity index (χ2v) is 8.40. The molecule has 0 radical (unpaired) electrons. The van der Waals surface area contributed by atoms with E-state index >= 15 is 0 Å². The highest BCUT2D eigenvalue weighted by Gasteiger charge is 2.21. The van der Waals surface area contributed by atoms with Crippen LogP contribution in [0.15, 0.2) is 53.0 Å². The zero-order valence-corrected chi connectivity index (χ0v) is 16.1. The van der Waals surface area contributed by atoms with Gasteiger partial charge in [-0.1, -0.05) is 52.3 Å². The van der Waals surface area contributed by atoms with Gasteiger partial charge in [0.25, 0.3) is 0 Å². The number of nitrogens with zero attached hydrogens (tertiary/aromatic N) is 1. The number of hydrogen-bond acceptors (Lipinski definition) is 3. The Morgan fingerprint density at radius 3 is 2.56 bits per heavy atom. The highest BCUT2D eigenvalue weighted by molar-refractivity contribution is 9.10. The lowest BCUT2D eigenvalue weighted by atomic mass is 10.0. The van der Waals surface area contributed by atoms with Crippen molar-refractivity contribution in [2.45, 2.75) is 19.3 Å². The standard InChI is InChI=1S/C19H20BrNO3S/c20-17-8-3-1-6-15(17)10-11-16-7-2-4-9-18(16)24-14-21-12-5-13-25(21)19(22)23/h1-4,6-9,13H,5,10-12,14H2,(H,22,23). The van der Waals surface area contributed by atoms with Gasteiger partial charge < -0.3 is 9.84 Å². The van der Waals surface area contributed by atoms with Gasteiger partial charge in [0, 0.05) is 11.0 Å². The molecule has 1 heterocycles. The first kappa shape index (κ1) is 18.2. The number of carbonyl (C=O) groups is 1. The first-order valence-electron chi connectivity index (χ1n) is 8.13. The molecule has 0 aliphatic carbocycles. The lowest BCUT2D eigenvalue weighted by molar-refractivity contribution is 0.205. The smallest absolute Gasteiger partial charge is 0.373 e.